The second kappa shape index (κ2) is 5.53. The third-order valence-electron chi connectivity index (χ3n) is 4.61. The van der Waals surface area contributed by atoms with Gasteiger partial charge in [0.25, 0.3) is 0 Å². The minimum atomic E-state index is -0.905. The highest BCUT2D eigenvalue weighted by atomic mass is 16.4. The molecule has 2 heterocycles. The molecule has 1 saturated heterocycles. The number of likely N-dealkylation sites (tertiary alicyclic amines) is 1. The van der Waals surface area contributed by atoms with Gasteiger partial charge in [0.15, 0.2) is 0 Å². The molecule has 4 heteroatoms. The van der Waals surface area contributed by atoms with E-state index in [1.807, 2.05) is 6.07 Å². The van der Waals surface area contributed by atoms with E-state index in [4.69, 9.17) is 5.11 Å². The maximum atomic E-state index is 11.0. The van der Waals surface area contributed by atoms with Gasteiger partial charge >= 0.3 is 5.97 Å². The number of H-pyrrole nitrogens is 1. The monoisotopic (exact) mass is 286 g/mol. The highest BCUT2D eigenvalue weighted by Gasteiger charge is 2.22. The number of fused-ring (bicyclic) bond motifs is 1. The summed E-state index contributed by atoms with van der Waals surface area (Å²) in [5, 5.41) is 10.0. The number of piperidine rings is 1. The van der Waals surface area contributed by atoms with Gasteiger partial charge in [-0.2, -0.15) is 0 Å². The van der Waals surface area contributed by atoms with E-state index in [0.29, 0.717) is 12.0 Å². The summed E-state index contributed by atoms with van der Waals surface area (Å²) in [5.41, 5.74) is 2.49. The normalized spacial score (nSPS) is 17.7. The Morgan fingerprint density at radius 1 is 1.29 bits per heavy atom. The van der Waals surface area contributed by atoms with Crippen LogP contribution in [0.2, 0.25) is 0 Å². The van der Waals surface area contributed by atoms with Crippen molar-refractivity contribution in [3.8, 4) is 0 Å². The van der Waals surface area contributed by atoms with Crippen LogP contribution >= 0.6 is 0 Å². The van der Waals surface area contributed by atoms with Crippen LogP contribution in [0.25, 0.3) is 10.9 Å². The molecule has 112 valence electrons. The van der Waals surface area contributed by atoms with Gasteiger partial charge in [-0.15, -0.1) is 0 Å². The van der Waals surface area contributed by atoms with Crippen LogP contribution < -0.4 is 0 Å². The van der Waals surface area contributed by atoms with Crippen LogP contribution in [0.3, 0.4) is 0 Å². The number of aromatic amines is 1. The molecular weight excluding hydrogens is 264 g/mol. The lowest BCUT2D eigenvalue weighted by atomic mass is 9.88. The summed E-state index contributed by atoms with van der Waals surface area (Å²) in [7, 11) is 0. The van der Waals surface area contributed by atoms with E-state index in [0.717, 1.165) is 24.0 Å². The number of hydrogen-bond donors (Lipinski definition) is 2. The zero-order valence-corrected chi connectivity index (χ0v) is 12.6. The topological polar surface area (TPSA) is 56.3 Å². The number of aromatic carboxylic acids is 1. The van der Waals surface area contributed by atoms with Gasteiger partial charge in [0.05, 0.1) is 0 Å². The molecule has 1 aliphatic heterocycles. The van der Waals surface area contributed by atoms with Crippen LogP contribution in [-0.2, 0) is 0 Å². The van der Waals surface area contributed by atoms with Crippen LogP contribution in [0, 0.1) is 0 Å². The molecular formula is C17H22N2O2. The van der Waals surface area contributed by atoms with Crippen LogP contribution in [-0.4, -0.2) is 40.1 Å². The number of carboxylic acid groups (broad SMARTS) is 1. The van der Waals surface area contributed by atoms with Gasteiger partial charge in [0.2, 0.25) is 0 Å². The van der Waals surface area contributed by atoms with Crippen molar-refractivity contribution in [2.45, 2.75) is 38.6 Å². The number of benzene rings is 1. The zero-order chi connectivity index (χ0) is 15.0. The van der Waals surface area contributed by atoms with Gasteiger partial charge in [-0.25, -0.2) is 4.79 Å². The number of rotatable bonds is 3. The number of nitrogens with one attached hydrogen (secondary N) is 1. The number of carbonyl (C=O) groups is 1. The van der Waals surface area contributed by atoms with Crippen molar-refractivity contribution in [3.05, 3.63) is 35.5 Å². The zero-order valence-electron chi connectivity index (χ0n) is 12.6. The fraction of sp³-hybridized carbons (Fsp3) is 0.471. The summed E-state index contributed by atoms with van der Waals surface area (Å²) < 4.78 is 0. The number of carboxylic acids is 1. The molecule has 0 saturated carbocycles. The summed E-state index contributed by atoms with van der Waals surface area (Å²) >= 11 is 0. The lowest BCUT2D eigenvalue weighted by Gasteiger charge is -2.34. The average molecular weight is 286 g/mol. The Balaban J connectivity index is 1.80. The Morgan fingerprint density at radius 2 is 2.00 bits per heavy atom. The second-order valence-electron chi connectivity index (χ2n) is 6.24. The minimum Gasteiger partial charge on any atom is -0.477 e. The van der Waals surface area contributed by atoms with Gasteiger partial charge < -0.3 is 15.0 Å². The van der Waals surface area contributed by atoms with Crippen molar-refractivity contribution in [1.29, 1.82) is 0 Å². The number of hydrogen-bond acceptors (Lipinski definition) is 2. The summed E-state index contributed by atoms with van der Waals surface area (Å²) in [6.07, 6.45) is 2.36. The van der Waals surface area contributed by atoms with Crippen LogP contribution in [0.1, 0.15) is 48.7 Å². The molecule has 0 spiro atoms. The van der Waals surface area contributed by atoms with Crippen molar-refractivity contribution in [2.75, 3.05) is 13.1 Å². The maximum absolute atomic E-state index is 11.0. The molecule has 0 aliphatic carbocycles. The summed E-state index contributed by atoms with van der Waals surface area (Å²) in [5.74, 6) is -0.314. The molecule has 4 nitrogen and oxygen atoms in total. The quantitative estimate of drug-likeness (QED) is 0.908. The molecule has 2 aromatic rings. The molecule has 0 amide bonds. The Morgan fingerprint density at radius 3 is 2.62 bits per heavy atom. The van der Waals surface area contributed by atoms with Crippen LogP contribution in [0.5, 0.6) is 0 Å². The SMILES string of the molecule is CC(C)N1CCC(c2ccc3[nH]c(C(=O)O)cc3c2)CC1. The van der Waals surface area contributed by atoms with Crippen molar-refractivity contribution in [1.82, 2.24) is 9.88 Å². The molecule has 0 bridgehead atoms. The van der Waals surface area contributed by atoms with Crippen LogP contribution in [0.15, 0.2) is 24.3 Å². The highest BCUT2D eigenvalue weighted by molar-refractivity contribution is 5.93. The lowest BCUT2D eigenvalue weighted by molar-refractivity contribution is 0.0691. The van der Waals surface area contributed by atoms with Crippen molar-refractivity contribution in [3.63, 3.8) is 0 Å². The summed E-state index contributed by atoms with van der Waals surface area (Å²) in [6.45, 7) is 6.79. The van der Waals surface area contributed by atoms with E-state index >= 15 is 0 Å². The molecule has 1 aliphatic rings. The fourth-order valence-electron chi connectivity index (χ4n) is 3.27. The molecule has 1 fully saturated rings. The molecule has 0 atom stereocenters. The van der Waals surface area contributed by atoms with E-state index in [9.17, 15) is 4.79 Å². The molecule has 1 aromatic heterocycles. The first-order chi connectivity index (χ1) is 10.0. The van der Waals surface area contributed by atoms with Crippen molar-refractivity contribution in [2.24, 2.45) is 0 Å². The second-order valence-corrected chi connectivity index (χ2v) is 6.24. The van der Waals surface area contributed by atoms with Crippen molar-refractivity contribution >= 4 is 16.9 Å². The first-order valence-corrected chi connectivity index (χ1v) is 7.64. The summed E-state index contributed by atoms with van der Waals surface area (Å²) in [6, 6.07) is 8.64. The first kappa shape index (κ1) is 14.1. The van der Waals surface area contributed by atoms with E-state index < -0.39 is 5.97 Å². The maximum Gasteiger partial charge on any atom is 0.352 e. The van der Waals surface area contributed by atoms with Gasteiger partial charge in [-0.3, -0.25) is 0 Å². The Hall–Kier alpha value is -1.81. The summed E-state index contributed by atoms with van der Waals surface area (Å²) in [4.78, 5) is 16.5. The smallest absolute Gasteiger partial charge is 0.352 e. The van der Waals surface area contributed by atoms with Crippen LogP contribution in [0.4, 0.5) is 0 Å². The predicted octanol–water partition coefficient (Wildman–Crippen LogP) is 3.45. The highest BCUT2D eigenvalue weighted by Crippen LogP contribution is 2.31. The Bertz CT molecular complexity index is 652. The third-order valence-corrected chi connectivity index (χ3v) is 4.61. The predicted molar refractivity (Wildman–Crippen MR) is 83.9 cm³/mol. The minimum absolute atomic E-state index is 0.261. The number of aromatic nitrogens is 1. The molecule has 2 N–H and O–H groups in total. The Kier molecular flexibility index (Phi) is 3.72. The van der Waals surface area contributed by atoms with E-state index in [1.165, 1.54) is 18.4 Å². The van der Waals surface area contributed by atoms with Crippen molar-refractivity contribution < 1.29 is 9.90 Å². The van der Waals surface area contributed by atoms with E-state index in [2.05, 4.69) is 35.9 Å². The number of nitrogens with zero attached hydrogens (tertiary/aromatic N) is 1. The van der Waals surface area contributed by atoms with Gasteiger partial charge in [0.1, 0.15) is 5.69 Å². The third kappa shape index (κ3) is 2.81. The first-order valence-electron chi connectivity index (χ1n) is 7.64. The van der Waals surface area contributed by atoms with Gasteiger partial charge in [-0.1, -0.05) is 6.07 Å². The molecule has 21 heavy (non-hydrogen) atoms. The van der Waals surface area contributed by atoms with E-state index in [-0.39, 0.29) is 5.69 Å². The van der Waals surface area contributed by atoms with E-state index in [1.54, 1.807) is 6.07 Å². The van der Waals surface area contributed by atoms with Gasteiger partial charge in [-0.05, 0) is 69.5 Å². The Labute approximate surface area is 124 Å². The van der Waals surface area contributed by atoms with Gasteiger partial charge in [0, 0.05) is 16.9 Å². The largest absolute Gasteiger partial charge is 0.477 e. The molecule has 0 unspecified atom stereocenters. The molecule has 3 rings (SSSR count). The molecule has 1 aromatic carbocycles. The average Bonchev–Trinajstić information content (AvgIpc) is 2.90. The lowest BCUT2D eigenvalue weighted by Crippen LogP contribution is -2.37. The standard InChI is InChI=1S/C17H22N2O2/c1-11(2)19-7-5-12(6-8-19)13-3-4-15-14(9-13)10-16(18-15)17(20)21/h3-4,9-12,18H,5-8H2,1-2H3,(H,20,21). The molecule has 0 radical (unpaired) electrons. The fourth-order valence-corrected chi connectivity index (χ4v) is 3.27.